The zero-order valence-corrected chi connectivity index (χ0v) is 14.7. The Morgan fingerprint density at radius 2 is 1.96 bits per heavy atom. The average Bonchev–Trinajstić information content (AvgIpc) is 2.62. The van der Waals surface area contributed by atoms with Gasteiger partial charge in [0.1, 0.15) is 5.82 Å². The first-order valence-corrected chi connectivity index (χ1v) is 8.55. The minimum absolute atomic E-state index is 0.0152. The van der Waals surface area contributed by atoms with Crippen LogP contribution in [0, 0.1) is 11.7 Å². The van der Waals surface area contributed by atoms with E-state index in [2.05, 4.69) is 10.6 Å². The lowest BCUT2D eigenvalue weighted by Gasteiger charge is -2.25. The molecule has 1 aliphatic heterocycles. The first-order valence-electron chi connectivity index (χ1n) is 8.55. The van der Waals surface area contributed by atoms with Crippen LogP contribution in [0.1, 0.15) is 30.4 Å². The van der Waals surface area contributed by atoms with Crippen molar-refractivity contribution in [2.45, 2.75) is 25.7 Å². The molecule has 2 unspecified atom stereocenters. The Hall–Kier alpha value is -3.22. The van der Waals surface area contributed by atoms with Crippen molar-refractivity contribution in [1.82, 2.24) is 0 Å². The first kappa shape index (κ1) is 18.6. The highest BCUT2D eigenvalue weighted by atomic mass is 19.1. The first-order chi connectivity index (χ1) is 12.8. The normalized spacial score (nSPS) is 16.8. The number of nitrogens with one attached hydrogen (secondary N) is 2. The molecule has 3 rings (SSSR count). The van der Waals surface area contributed by atoms with Crippen molar-refractivity contribution in [2.75, 3.05) is 10.6 Å². The lowest BCUT2D eigenvalue weighted by molar-refractivity contribution is -0.141. The maximum Gasteiger partial charge on any atom is 0.306 e. The number of rotatable bonds is 5. The summed E-state index contributed by atoms with van der Waals surface area (Å²) >= 11 is 0. The summed E-state index contributed by atoms with van der Waals surface area (Å²) in [4.78, 5) is 35.4. The molecule has 3 N–H and O–H groups in total. The molecule has 2 aromatic rings. The number of hydrogen-bond acceptors (Lipinski definition) is 3. The smallest absolute Gasteiger partial charge is 0.306 e. The van der Waals surface area contributed by atoms with Crippen LogP contribution < -0.4 is 10.6 Å². The molecule has 1 aliphatic rings. The third-order valence-electron chi connectivity index (χ3n) is 4.56. The standard InChI is InChI=1S/C20H19FN2O4/c1-11(20(26)27)8-12-2-5-14(6-3-12)22-19(25)16-10-18(24)23-17-9-13(21)4-7-15(16)17/h2-7,9,11,16H,8,10H2,1H3,(H,22,25)(H,23,24)(H,26,27). The highest BCUT2D eigenvalue weighted by molar-refractivity contribution is 6.05. The van der Waals surface area contributed by atoms with E-state index in [-0.39, 0.29) is 18.2 Å². The summed E-state index contributed by atoms with van der Waals surface area (Å²) < 4.78 is 13.4. The van der Waals surface area contributed by atoms with Gasteiger partial charge in [0.25, 0.3) is 0 Å². The predicted molar refractivity (Wildman–Crippen MR) is 98.0 cm³/mol. The minimum Gasteiger partial charge on any atom is -0.481 e. The van der Waals surface area contributed by atoms with Gasteiger partial charge < -0.3 is 15.7 Å². The van der Waals surface area contributed by atoms with Gasteiger partial charge in [-0.1, -0.05) is 25.1 Å². The number of anilines is 2. The molecule has 0 saturated heterocycles. The van der Waals surface area contributed by atoms with Gasteiger partial charge in [-0.2, -0.15) is 0 Å². The van der Waals surface area contributed by atoms with E-state index in [4.69, 9.17) is 5.11 Å². The molecule has 0 saturated carbocycles. The Bertz CT molecular complexity index is 895. The molecule has 0 aromatic heterocycles. The SMILES string of the molecule is CC(Cc1ccc(NC(=O)C2CC(=O)Nc3cc(F)ccc32)cc1)C(=O)O. The average molecular weight is 370 g/mol. The summed E-state index contributed by atoms with van der Waals surface area (Å²) in [7, 11) is 0. The van der Waals surface area contributed by atoms with Crippen LogP contribution in [-0.4, -0.2) is 22.9 Å². The van der Waals surface area contributed by atoms with E-state index < -0.39 is 23.6 Å². The number of carbonyl (C=O) groups is 3. The number of hydrogen-bond donors (Lipinski definition) is 3. The molecule has 0 aliphatic carbocycles. The predicted octanol–water partition coefficient (Wildman–Crippen LogP) is 3.15. The summed E-state index contributed by atoms with van der Waals surface area (Å²) in [6.45, 7) is 1.63. The number of amides is 2. The van der Waals surface area contributed by atoms with Crippen LogP contribution in [0.3, 0.4) is 0 Å². The van der Waals surface area contributed by atoms with E-state index in [9.17, 15) is 18.8 Å². The van der Waals surface area contributed by atoms with Gasteiger partial charge in [-0.05, 0) is 41.8 Å². The Labute approximate surface area is 155 Å². The number of benzene rings is 2. The number of aliphatic carboxylic acids is 1. The molecule has 2 atom stereocenters. The van der Waals surface area contributed by atoms with Gasteiger partial charge in [-0.3, -0.25) is 14.4 Å². The maximum absolute atomic E-state index is 13.4. The molecule has 0 fully saturated rings. The van der Waals surface area contributed by atoms with Gasteiger partial charge in [-0.15, -0.1) is 0 Å². The van der Waals surface area contributed by atoms with Crippen molar-refractivity contribution < 1.29 is 23.9 Å². The van der Waals surface area contributed by atoms with Gasteiger partial charge in [-0.25, -0.2) is 4.39 Å². The van der Waals surface area contributed by atoms with Crippen molar-refractivity contribution in [1.29, 1.82) is 0 Å². The molecule has 7 heteroatoms. The molecule has 0 spiro atoms. The van der Waals surface area contributed by atoms with Crippen LogP contribution in [-0.2, 0) is 20.8 Å². The van der Waals surface area contributed by atoms with Crippen molar-refractivity contribution in [3.8, 4) is 0 Å². The molecule has 6 nitrogen and oxygen atoms in total. The molecular formula is C20H19FN2O4. The van der Waals surface area contributed by atoms with Crippen molar-refractivity contribution >= 4 is 29.2 Å². The van der Waals surface area contributed by atoms with Crippen molar-refractivity contribution in [2.24, 2.45) is 5.92 Å². The maximum atomic E-state index is 13.4. The van der Waals surface area contributed by atoms with E-state index in [1.165, 1.54) is 18.2 Å². The number of halogens is 1. The summed E-state index contributed by atoms with van der Waals surface area (Å²) in [5.74, 6) is -3.25. The van der Waals surface area contributed by atoms with E-state index in [1.54, 1.807) is 31.2 Å². The molecule has 27 heavy (non-hydrogen) atoms. The molecule has 2 aromatic carbocycles. The van der Waals surface area contributed by atoms with Gasteiger partial charge in [0.15, 0.2) is 0 Å². The Morgan fingerprint density at radius 1 is 1.26 bits per heavy atom. The zero-order valence-electron chi connectivity index (χ0n) is 14.7. The molecule has 1 heterocycles. The fraction of sp³-hybridized carbons (Fsp3) is 0.250. The van der Waals surface area contributed by atoms with Crippen molar-refractivity contribution in [3.05, 3.63) is 59.4 Å². The highest BCUT2D eigenvalue weighted by Gasteiger charge is 2.31. The second kappa shape index (κ2) is 7.57. The van der Waals surface area contributed by atoms with Crippen LogP contribution in [0.5, 0.6) is 0 Å². The summed E-state index contributed by atoms with van der Waals surface area (Å²) in [5, 5.41) is 14.3. The second-order valence-corrected chi connectivity index (χ2v) is 6.67. The summed E-state index contributed by atoms with van der Waals surface area (Å²) in [6, 6.07) is 10.9. The fourth-order valence-corrected chi connectivity index (χ4v) is 3.07. The van der Waals surface area contributed by atoms with E-state index >= 15 is 0 Å². The fourth-order valence-electron chi connectivity index (χ4n) is 3.07. The number of carbonyl (C=O) groups excluding carboxylic acids is 2. The van der Waals surface area contributed by atoms with Crippen molar-refractivity contribution in [3.63, 3.8) is 0 Å². The van der Waals surface area contributed by atoms with Crippen LogP contribution in [0.4, 0.5) is 15.8 Å². The molecule has 0 bridgehead atoms. The van der Waals surface area contributed by atoms with E-state index in [0.717, 1.165) is 5.56 Å². The molecular weight excluding hydrogens is 351 g/mol. The van der Waals surface area contributed by atoms with Crippen LogP contribution in [0.25, 0.3) is 0 Å². The van der Waals surface area contributed by atoms with Crippen LogP contribution in [0.15, 0.2) is 42.5 Å². The Balaban J connectivity index is 1.72. The second-order valence-electron chi connectivity index (χ2n) is 6.67. The third kappa shape index (κ3) is 4.31. The van der Waals surface area contributed by atoms with Gasteiger partial charge in [0, 0.05) is 17.8 Å². The zero-order chi connectivity index (χ0) is 19.6. The van der Waals surface area contributed by atoms with Gasteiger partial charge >= 0.3 is 5.97 Å². The molecule has 140 valence electrons. The minimum atomic E-state index is -0.863. The largest absolute Gasteiger partial charge is 0.481 e. The summed E-state index contributed by atoms with van der Waals surface area (Å²) in [5.41, 5.74) is 2.27. The molecule has 0 radical (unpaired) electrons. The van der Waals surface area contributed by atoms with Gasteiger partial charge in [0.05, 0.1) is 11.8 Å². The third-order valence-corrected chi connectivity index (χ3v) is 4.56. The summed E-state index contributed by atoms with van der Waals surface area (Å²) in [6.07, 6.45) is 0.379. The Morgan fingerprint density at radius 3 is 2.63 bits per heavy atom. The quantitative estimate of drug-likeness (QED) is 0.753. The lowest BCUT2D eigenvalue weighted by Crippen LogP contribution is -2.30. The van der Waals surface area contributed by atoms with E-state index in [1.807, 2.05) is 0 Å². The lowest BCUT2D eigenvalue weighted by atomic mass is 9.89. The highest BCUT2D eigenvalue weighted by Crippen LogP contribution is 2.33. The van der Waals surface area contributed by atoms with Crippen LogP contribution >= 0.6 is 0 Å². The topological polar surface area (TPSA) is 95.5 Å². The number of fused-ring (bicyclic) bond motifs is 1. The van der Waals surface area contributed by atoms with Gasteiger partial charge in [0.2, 0.25) is 11.8 Å². The molecule has 2 amide bonds. The van der Waals surface area contributed by atoms with Crippen LogP contribution in [0.2, 0.25) is 0 Å². The monoisotopic (exact) mass is 370 g/mol. The number of carboxylic acids is 1. The Kier molecular flexibility index (Phi) is 5.21. The van der Waals surface area contributed by atoms with E-state index in [0.29, 0.717) is 23.4 Å². The number of carboxylic acid groups (broad SMARTS) is 1.